The Morgan fingerprint density at radius 2 is 1.90 bits per heavy atom. The third-order valence-corrected chi connectivity index (χ3v) is 4.99. The standard InChI is InChI=1S/C15H19FN2O2S/c1-10-8-14(16)4-5-15(10)21(19,20)17-7-6-13-9-11(2)18-12(13)3/h4-5,8-9,17-18H,6-7H2,1-3H3. The maximum Gasteiger partial charge on any atom is 0.240 e. The molecule has 0 spiro atoms. The van der Waals surface area contributed by atoms with Gasteiger partial charge >= 0.3 is 0 Å². The van der Waals surface area contributed by atoms with E-state index in [0.29, 0.717) is 18.5 Å². The number of hydrogen-bond donors (Lipinski definition) is 2. The molecule has 0 amide bonds. The Balaban J connectivity index is 2.06. The SMILES string of the molecule is Cc1cc(CCNS(=O)(=O)c2ccc(F)cc2C)c(C)[nH]1. The second-order valence-corrected chi connectivity index (χ2v) is 6.90. The van der Waals surface area contributed by atoms with Gasteiger partial charge in [0.05, 0.1) is 4.90 Å². The number of sulfonamides is 1. The summed E-state index contributed by atoms with van der Waals surface area (Å²) in [6.07, 6.45) is 0.607. The van der Waals surface area contributed by atoms with Crippen LogP contribution in [0, 0.1) is 26.6 Å². The molecule has 2 N–H and O–H groups in total. The molecule has 0 aliphatic heterocycles. The van der Waals surface area contributed by atoms with Crippen LogP contribution in [0.3, 0.4) is 0 Å². The number of aryl methyl sites for hydroxylation is 3. The van der Waals surface area contributed by atoms with E-state index in [-0.39, 0.29) is 4.90 Å². The molecule has 21 heavy (non-hydrogen) atoms. The molecule has 1 aromatic heterocycles. The van der Waals surface area contributed by atoms with Crippen molar-refractivity contribution in [2.24, 2.45) is 0 Å². The number of nitrogens with one attached hydrogen (secondary N) is 2. The van der Waals surface area contributed by atoms with Crippen molar-refractivity contribution in [1.82, 2.24) is 9.71 Å². The summed E-state index contributed by atoms with van der Waals surface area (Å²) in [5.74, 6) is -0.440. The first-order valence-electron chi connectivity index (χ1n) is 6.70. The monoisotopic (exact) mass is 310 g/mol. The molecule has 0 saturated carbocycles. The maximum atomic E-state index is 13.0. The van der Waals surface area contributed by atoms with E-state index in [0.717, 1.165) is 23.0 Å². The molecule has 0 fully saturated rings. The van der Waals surface area contributed by atoms with Gasteiger partial charge in [-0.2, -0.15) is 0 Å². The van der Waals surface area contributed by atoms with Crippen LogP contribution in [0.15, 0.2) is 29.2 Å². The van der Waals surface area contributed by atoms with Crippen LogP contribution in [-0.4, -0.2) is 19.9 Å². The Morgan fingerprint density at radius 3 is 2.48 bits per heavy atom. The van der Waals surface area contributed by atoms with Gasteiger partial charge in [-0.25, -0.2) is 17.5 Å². The van der Waals surface area contributed by atoms with Crippen molar-refractivity contribution < 1.29 is 12.8 Å². The van der Waals surface area contributed by atoms with Crippen molar-refractivity contribution in [2.45, 2.75) is 32.1 Å². The number of aromatic amines is 1. The lowest BCUT2D eigenvalue weighted by Crippen LogP contribution is -2.26. The first-order chi connectivity index (χ1) is 9.79. The number of benzene rings is 1. The zero-order valence-electron chi connectivity index (χ0n) is 12.3. The third kappa shape index (κ3) is 3.71. The highest BCUT2D eigenvalue weighted by Gasteiger charge is 2.16. The molecule has 6 heteroatoms. The van der Waals surface area contributed by atoms with E-state index in [4.69, 9.17) is 0 Å². The van der Waals surface area contributed by atoms with Gasteiger partial charge in [-0.05, 0) is 62.6 Å². The molecule has 0 saturated heterocycles. The first-order valence-corrected chi connectivity index (χ1v) is 8.19. The molecule has 2 aromatic rings. The third-order valence-electron chi connectivity index (χ3n) is 3.37. The van der Waals surface area contributed by atoms with Crippen molar-refractivity contribution >= 4 is 10.0 Å². The van der Waals surface area contributed by atoms with Gasteiger partial charge in [0.25, 0.3) is 0 Å². The maximum absolute atomic E-state index is 13.0. The Kier molecular flexibility index (Phi) is 4.49. The summed E-state index contributed by atoms with van der Waals surface area (Å²) in [6, 6.07) is 5.67. The molecule has 114 valence electrons. The zero-order chi connectivity index (χ0) is 15.6. The van der Waals surface area contributed by atoms with Crippen molar-refractivity contribution in [3.05, 3.63) is 52.6 Å². The fraction of sp³-hybridized carbons (Fsp3) is 0.333. The van der Waals surface area contributed by atoms with Crippen LogP contribution in [0.25, 0.3) is 0 Å². The van der Waals surface area contributed by atoms with Crippen LogP contribution in [0.4, 0.5) is 4.39 Å². The minimum Gasteiger partial charge on any atom is -0.362 e. The lowest BCUT2D eigenvalue weighted by Gasteiger charge is -2.09. The Labute approximate surface area is 124 Å². The molecule has 0 aliphatic rings. The minimum absolute atomic E-state index is 0.117. The number of H-pyrrole nitrogens is 1. The van der Waals surface area contributed by atoms with Gasteiger partial charge in [0.2, 0.25) is 10.0 Å². The van der Waals surface area contributed by atoms with E-state index >= 15 is 0 Å². The predicted molar refractivity (Wildman–Crippen MR) is 80.3 cm³/mol. The average molecular weight is 310 g/mol. The Hall–Kier alpha value is -1.66. The largest absolute Gasteiger partial charge is 0.362 e. The highest BCUT2D eigenvalue weighted by atomic mass is 32.2. The Bertz CT molecular complexity index is 751. The normalized spacial score (nSPS) is 11.8. The molecular weight excluding hydrogens is 291 g/mol. The van der Waals surface area contributed by atoms with Crippen LogP contribution < -0.4 is 4.72 Å². The van der Waals surface area contributed by atoms with Gasteiger partial charge < -0.3 is 4.98 Å². The van der Waals surface area contributed by atoms with E-state index in [1.54, 1.807) is 6.92 Å². The molecule has 0 radical (unpaired) electrons. The van der Waals surface area contributed by atoms with Crippen molar-refractivity contribution in [3.8, 4) is 0 Å². The predicted octanol–water partition coefficient (Wildman–Crippen LogP) is 2.60. The van der Waals surface area contributed by atoms with Gasteiger partial charge in [-0.1, -0.05) is 0 Å². The second kappa shape index (κ2) is 5.99. The average Bonchev–Trinajstić information content (AvgIpc) is 2.67. The number of hydrogen-bond acceptors (Lipinski definition) is 2. The summed E-state index contributed by atoms with van der Waals surface area (Å²) < 4.78 is 40.0. The fourth-order valence-electron chi connectivity index (χ4n) is 2.35. The van der Waals surface area contributed by atoms with Crippen LogP contribution in [0.2, 0.25) is 0 Å². The Morgan fingerprint density at radius 1 is 1.19 bits per heavy atom. The van der Waals surface area contributed by atoms with Gasteiger partial charge in [-0.15, -0.1) is 0 Å². The van der Waals surface area contributed by atoms with Crippen LogP contribution >= 0.6 is 0 Å². The highest BCUT2D eigenvalue weighted by Crippen LogP contribution is 2.16. The summed E-state index contributed by atoms with van der Waals surface area (Å²) in [7, 11) is -3.61. The lowest BCUT2D eigenvalue weighted by molar-refractivity contribution is 0.579. The van der Waals surface area contributed by atoms with Crippen LogP contribution in [0.5, 0.6) is 0 Å². The first kappa shape index (κ1) is 15.7. The smallest absolute Gasteiger partial charge is 0.240 e. The van der Waals surface area contributed by atoms with E-state index < -0.39 is 15.8 Å². The molecule has 0 unspecified atom stereocenters. The molecular formula is C15H19FN2O2S. The van der Waals surface area contributed by atoms with Crippen molar-refractivity contribution in [3.63, 3.8) is 0 Å². The number of aromatic nitrogens is 1. The van der Waals surface area contributed by atoms with Crippen LogP contribution in [-0.2, 0) is 16.4 Å². The molecule has 1 heterocycles. The fourth-order valence-corrected chi connectivity index (χ4v) is 3.61. The zero-order valence-corrected chi connectivity index (χ0v) is 13.1. The van der Waals surface area contributed by atoms with E-state index in [9.17, 15) is 12.8 Å². The highest BCUT2D eigenvalue weighted by molar-refractivity contribution is 7.89. The van der Waals surface area contributed by atoms with Gasteiger partial charge in [0.1, 0.15) is 5.82 Å². The van der Waals surface area contributed by atoms with E-state index in [1.807, 2.05) is 19.9 Å². The number of rotatable bonds is 5. The molecule has 0 aliphatic carbocycles. The minimum atomic E-state index is -3.61. The summed E-state index contributed by atoms with van der Waals surface area (Å²) in [5, 5.41) is 0. The second-order valence-electron chi connectivity index (χ2n) is 5.16. The quantitative estimate of drug-likeness (QED) is 0.891. The molecule has 0 atom stereocenters. The van der Waals surface area contributed by atoms with Crippen molar-refractivity contribution in [1.29, 1.82) is 0 Å². The summed E-state index contributed by atoms with van der Waals surface area (Å²) in [6.45, 7) is 5.80. The van der Waals surface area contributed by atoms with Gasteiger partial charge in [0.15, 0.2) is 0 Å². The summed E-state index contributed by atoms with van der Waals surface area (Å²) >= 11 is 0. The number of halogens is 1. The van der Waals surface area contributed by atoms with E-state index in [1.165, 1.54) is 12.1 Å². The molecule has 2 rings (SSSR count). The molecule has 1 aromatic carbocycles. The summed E-state index contributed by atoms with van der Waals surface area (Å²) in [5.41, 5.74) is 3.59. The van der Waals surface area contributed by atoms with Gasteiger partial charge in [0, 0.05) is 17.9 Å². The van der Waals surface area contributed by atoms with Crippen molar-refractivity contribution in [2.75, 3.05) is 6.54 Å². The molecule has 4 nitrogen and oxygen atoms in total. The molecule has 0 bridgehead atoms. The lowest BCUT2D eigenvalue weighted by atomic mass is 10.2. The van der Waals surface area contributed by atoms with Gasteiger partial charge in [-0.3, -0.25) is 0 Å². The van der Waals surface area contributed by atoms with E-state index in [2.05, 4.69) is 9.71 Å². The topological polar surface area (TPSA) is 62.0 Å². The van der Waals surface area contributed by atoms with Crippen LogP contribution in [0.1, 0.15) is 22.5 Å². The summed E-state index contributed by atoms with van der Waals surface area (Å²) in [4.78, 5) is 3.30.